The second-order valence-corrected chi connectivity index (χ2v) is 6.62. The van der Waals surface area contributed by atoms with Gasteiger partial charge in [-0.25, -0.2) is 0 Å². The summed E-state index contributed by atoms with van der Waals surface area (Å²) in [4.78, 5) is 11.5. The molecule has 3 nitrogen and oxygen atoms in total. The van der Waals surface area contributed by atoms with Crippen molar-refractivity contribution >= 4 is 5.97 Å². The van der Waals surface area contributed by atoms with Gasteiger partial charge in [0, 0.05) is 6.42 Å². The first-order valence-electron chi connectivity index (χ1n) is 9.23. The Balaban J connectivity index is 1.28. The summed E-state index contributed by atoms with van der Waals surface area (Å²) in [5, 5.41) is 0. The highest BCUT2D eigenvalue weighted by molar-refractivity contribution is 5.69. The Kier molecular flexibility index (Phi) is 6.63. The second kappa shape index (κ2) is 9.38. The van der Waals surface area contributed by atoms with Gasteiger partial charge in [-0.05, 0) is 36.0 Å². The minimum Gasteiger partial charge on any atom is -0.463 e. The van der Waals surface area contributed by atoms with Crippen LogP contribution in [0.2, 0.25) is 0 Å². The van der Waals surface area contributed by atoms with Crippen LogP contribution in [-0.4, -0.2) is 25.3 Å². The number of ether oxygens (including phenoxy) is 2. The maximum atomic E-state index is 11.5. The highest BCUT2D eigenvalue weighted by atomic mass is 16.6. The van der Waals surface area contributed by atoms with Crippen LogP contribution in [0.3, 0.4) is 0 Å². The van der Waals surface area contributed by atoms with Gasteiger partial charge in [0.1, 0.15) is 12.7 Å². The molecule has 1 unspecified atom stereocenters. The first-order valence-corrected chi connectivity index (χ1v) is 9.23. The lowest BCUT2D eigenvalue weighted by molar-refractivity contribution is -0.144. The zero-order valence-corrected chi connectivity index (χ0v) is 14.7. The lowest BCUT2D eigenvalue weighted by Crippen LogP contribution is -2.09. The minimum atomic E-state index is -0.0907. The monoisotopic (exact) mass is 338 g/mol. The molecule has 0 aromatic heterocycles. The molecule has 1 aliphatic rings. The highest BCUT2D eigenvalue weighted by Gasteiger charge is 2.23. The molecule has 0 spiro atoms. The molecule has 0 saturated carbocycles. The smallest absolute Gasteiger partial charge is 0.305 e. The molecule has 1 saturated heterocycles. The number of epoxide rings is 1. The van der Waals surface area contributed by atoms with Crippen molar-refractivity contribution in [1.29, 1.82) is 0 Å². The summed E-state index contributed by atoms with van der Waals surface area (Å²) in [6, 6.07) is 19.3. The number of carbonyl (C=O) groups is 1. The van der Waals surface area contributed by atoms with Crippen LogP contribution < -0.4 is 0 Å². The number of rotatable bonds is 10. The molecule has 1 aliphatic heterocycles. The number of unbranched alkanes of at least 4 members (excludes halogenated alkanes) is 3. The quantitative estimate of drug-likeness (QED) is 0.355. The fourth-order valence-corrected chi connectivity index (χ4v) is 2.87. The molecule has 2 aromatic rings. The molecule has 1 fully saturated rings. The Labute approximate surface area is 150 Å². The summed E-state index contributed by atoms with van der Waals surface area (Å²) in [6.07, 6.45) is 6.10. The molecular weight excluding hydrogens is 312 g/mol. The molecule has 132 valence electrons. The molecule has 0 aliphatic carbocycles. The van der Waals surface area contributed by atoms with E-state index < -0.39 is 0 Å². The van der Waals surface area contributed by atoms with E-state index in [4.69, 9.17) is 9.47 Å². The van der Waals surface area contributed by atoms with Gasteiger partial charge in [-0.1, -0.05) is 67.4 Å². The van der Waals surface area contributed by atoms with E-state index in [0.29, 0.717) is 13.0 Å². The maximum Gasteiger partial charge on any atom is 0.305 e. The van der Waals surface area contributed by atoms with Crippen molar-refractivity contribution in [3.63, 3.8) is 0 Å². The first kappa shape index (κ1) is 17.7. The number of esters is 1. The predicted molar refractivity (Wildman–Crippen MR) is 99.4 cm³/mol. The Hall–Kier alpha value is -2.13. The van der Waals surface area contributed by atoms with Gasteiger partial charge in [0.2, 0.25) is 0 Å². The van der Waals surface area contributed by atoms with E-state index in [9.17, 15) is 4.79 Å². The Morgan fingerprint density at radius 2 is 1.60 bits per heavy atom. The summed E-state index contributed by atoms with van der Waals surface area (Å²) in [5.41, 5.74) is 3.90. The summed E-state index contributed by atoms with van der Waals surface area (Å²) in [7, 11) is 0. The van der Waals surface area contributed by atoms with Gasteiger partial charge in [-0.2, -0.15) is 0 Å². The van der Waals surface area contributed by atoms with Crippen LogP contribution in [0.25, 0.3) is 11.1 Å². The Bertz CT molecular complexity index is 645. The first-order chi connectivity index (χ1) is 12.3. The number of benzene rings is 2. The molecule has 1 atom stereocenters. The average Bonchev–Trinajstić information content (AvgIpc) is 3.48. The molecule has 0 radical (unpaired) electrons. The number of carbonyl (C=O) groups excluding carboxylic acids is 1. The van der Waals surface area contributed by atoms with Crippen molar-refractivity contribution in [2.75, 3.05) is 13.2 Å². The Morgan fingerprint density at radius 1 is 0.920 bits per heavy atom. The largest absolute Gasteiger partial charge is 0.463 e. The lowest BCUT2D eigenvalue weighted by Gasteiger charge is -2.05. The van der Waals surface area contributed by atoms with Gasteiger partial charge in [-0.3, -0.25) is 4.79 Å². The van der Waals surface area contributed by atoms with E-state index in [1.165, 1.54) is 16.7 Å². The van der Waals surface area contributed by atoms with Gasteiger partial charge in [0.05, 0.1) is 6.61 Å². The minimum absolute atomic E-state index is 0.0907. The van der Waals surface area contributed by atoms with E-state index in [1.807, 2.05) is 6.07 Å². The van der Waals surface area contributed by atoms with E-state index in [2.05, 4.69) is 48.5 Å². The molecule has 1 heterocycles. The van der Waals surface area contributed by atoms with Crippen LogP contribution in [0.1, 0.15) is 37.7 Å². The fraction of sp³-hybridized carbons (Fsp3) is 0.409. The topological polar surface area (TPSA) is 38.8 Å². The zero-order valence-electron chi connectivity index (χ0n) is 14.7. The summed E-state index contributed by atoms with van der Waals surface area (Å²) < 4.78 is 10.1. The summed E-state index contributed by atoms with van der Waals surface area (Å²) in [6.45, 7) is 1.16. The lowest BCUT2D eigenvalue weighted by atomic mass is 10.0. The van der Waals surface area contributed by atoms with Crippen molar-refractivity contribution in [1.82, 2.24) is 0 Å². The third-order valence-corrected chi connectivity index (χ3v) is 4.49. The number of hydrogen-bond acceptors (Lipinski definition) is 3. The Morgan fingerprint density at radius 3 is 2.32 bits per heavy atom. The zero-order chi connectivity index (χ0) is 17.3. The molecular formula is C22H26O3. The molecule has 3 heteroatoms. The van der Waals surface area contributed by atoms with Crippen molar-refractivity contribution < 1.29 is 14.3 Å². The van der Waals surface area contributed by atoms with Crippen LogP contribution >= 0.6 is 0 Å². The molecule has 3 rings (SSSR count). The van der Waals surface area contributed by atoms with Crippen molar-refractivity contribution in [3.05, 3.63) is 60.2 Å². The molecule has 25 heavy (non-hydrogen) atoms. The SMILES string of the molecule is O=C(CCCCCCc1ccc(-c2ccccc2)cc1)OCC1CO1. The third-order valence-electron chi connectivity index (χ3n) is 4.49. The van der Waals surface area contributed by atoms with Crippen molar-refractivity contribution in [2.24, 2.45) is 0 Å². The van der Waals surface area contributed by atoms with Gasteiger partial charge in [0.25, 0.3) is 0 Å². The van der Waals surface area contributed by atoms with Crippen LogP contribution in [0.5, 0.6) is 0 Å². The van der Waals surface area contributed by atoms with Gasteiger partial charge in [0.15, 0.2) is 0 Å². The van der Waals surface area contributed by atoms with Crippen LogP contribution in [0.4, 0.5) is 0 Å². The normalized spacial score (nSPS) is 15.8. The highest BCUT2D eigenvalue weighted by Crippen LogP contribution is 2.20. The van der Waals surface area contributed by atoms with Crippen LogP contribution in [-0.2, 0) is 20.7 Å². The maximum absolute atomic E-state index is 11.5. The van der Waals surface area contributed by atoms with Crippen molar-refractivity contribution in [3.8, 4) is 11.1 Å². The van der Waals surface area contributed by atoms with E-state index in [0.717, 1.165) is 38.7 Å². The second-order valence-electron chi connectivity index (χ2n) is 6.62. The summed E-state index contributed by atoms with van der Waals surface area (Å²) in [5.74, 6) is -0.0907. The molecule has 2 aromatic carbocycles. The molecule has 0 amide bonds. The van der Waals surface area contributed by atoms with E-state index in [1.54, 1.807) is 0 Å². The summed E-state index contributed by atoms with van der Waals surface area (Å²) >= 11 is 0. The fourth-order valence-electron chi connectivity index (χ4n) is 2.87. The molecule has 0 N–H and O–H groups in total. The third kappa shape index (κ3) is 6.35. The standard InChI is InChI=1S/C22H26O3/c23-22(25-17-21-16-24-21)11-7-2-1-4-8-18-12-14-20(15-13-18)19-9-5-3-6-10-19/h3,5-6,9-10,12-15,21H,1-2,4,7-8,11,16-17H2. The van der Waals surface area contributed by atoms with E-state index in [-0.39, 0.29) is 12.1 Å². The number of hydrogen-bond donors (Lipinski definition) is 0. The van der Waals surface area contributed by atoms with Crippen LogP contribution in [0, 0.1) is 0 Å². The van der Waals surface area contributed by atoms with Crippen molar-refractivity contribution in [2.45, 2.75) is 44.6 Å². The number of aryl methyl sites for hydroxylation is 1. The average molecular weight is 338 g/mol. The van der Waals surface area contributed by atoms with Crippen LogP contribution in [0.15, 0.2) is 54.6 Å². The van der Waals surface area contributed by atoms with Gasteiger partial charge in [-0.15, -0.1) is 0 Å². The predicted octanol–water partition coefficient (Wildman–Crippen LogP) is 4.79. The molecule has 0 bridgehead atoms. The van der Waals surface area contributed by atoms with Gasteiger partial charge < -0.3 is 9.47 Å². The van der Waals surface area contributed by atoms with Gasteiger partial charge >= 0.3 is 5.97 Å². The van der Waals surface area contributed by atoms with E-state index >= 15 is 0 Å².